The number of amides is 1. The molecule has 1 amide bonds. The van der Waals surface area contributed by atoms with Crippen LogP contribution in [0.1, 0.15) is 11.1 Å². The number of thioether (sulfide) groups is 1. The minimum absolute atomic E-state index is 0.0798. The molecule has 3 rings (SSSR count). The third-order valence-electron chi connectivity index (χ3n) is 3.86. The number of benzene rings is 2. The first-order chi connectivity index (χ1) is 13.5. The molecule has 0 bridgehead atoms. The minimum atomic E-state index is -2.86. The van der Waals surface area contributed by atoms with E-state index in [0.717, 1.165) is 16.8 Å². The van der Waals surface area contributed by atoms with Gasteiger partial charge in [0, 0.05) is 6.54 Å². The number of aromatic nitrogens is 3. The molecule has 28 heavy (non-hydrogen) atoms. The zero-order valence-corrected chi connectivity index (χ0v) is 15.8. The molecule has 0 aliphatic rings. The number of aryl methyl sites for hydroxylation is 1. The number of carbonyl (C=O) groups is 1. The first kappa shape index (κ1) is 19.8. The van der Waals surface area contributed by atoms with Gasteiger partial charge in [-0.25, -0.2) is 0 Å². The van der Waals surface area contributed by atoms with E-state index in [1.807, 2.05) is 35.8 Å². The molecule has 3 aromatic rings. The van der Waals surface area contributed by atoms with Crippen molar-refractivity contribution in [2.24, 2.45) is 0 Å². The molecule has 1 N–H and O–H groups in total. The van der Waals surface area contributed by atoms with E-state index < -0.39 is 6.61 Å². The van der Waals surface area contributed by atoms with Gasteiger partial charge in [0.25, 0.3) is 0 Å². The van der Waals surface area contributed by atoms with Crippen LogP contribution in [0.5, 0.6) is 5.75 Å². The number of carbonyl (C=O) groups excluding carboxylic acids is 1. The van der Waals surface area contributed by atoms with Crippen LogP contribution >= 0.6 is 11.8 Å². The Morgan fingerprint density at radius 3 is 2.68 bits per heavy atom. The van der Waals surface area contributed by atoms with Gasteiger partial charge in [-0.15, -0.1) is 10.2 Å². The van der Waals surface area contributed by atoms with Crippen molar-refractivity contribution >= 4 is 17.7 Å². The van der Waals surface area contributed by atoms with Crippen molar-refractivity contribution in [1.29, 1.82) is 0 Å². The molecule has 0 saturated heterocycles. The summed E-state index contributed by atoms with van der Waals surface area (Å²) < 4.78 is 30.4. The summed E-state index contributed by atoms with van der Waals surface area (Å²) in [6.45, 7) is -0.572. The molecule has 0 aliphatic heterocycles. The molecule has 0 spiro atoms. The lowest BCUT2D eigenvalue weighted by Crippen LogP contribution is -2.24. The minimum Gasteiger partial charge on any atom is -0.435 e. The predicted octanol–water partition coefficient (Wildman–Crippen LogP) is 3.59. The molecule has 0 atom stereocenters. The van der Waals surface area contributed by atoms with Gasteiger partial charge in [-0.1, -0.05) is 42.1 Å². The Morgan fingerprint density at radius 2 is 1.96 bits per heavy atom. The van der Waals surface area contributed by atoms with Gasteiger partial charge in [0.05, 0.1) is 11.4 Å². The van der Waals surface area contributed by atoms with Crippen LogP contribution in [0.3, 0.4) is 0 Å². The van der Waals surface area contributed by atoms with Crippen LogP contribution in [0.2, 0.25) is 0 Å². The van der Waals surface area contributed by atoms with Crippen molar-refractivity contribution in [3.05, 3.63) is 66.0 Å². The third kappa shape index (κ3) is 5.29. The number of ether oxygens (including phenoxy) is 1. The molecule has 2 aromatic carbocycles. The lowest BCUT2D eigenvalue weighted by Gasteiger charge is -2.09. The second kappa shape index (κ2) is 9.32. The average molecular weight is 404 g/mol. The molecule has 9 heteroatoms. The Labute approximate surface area is 164 Å². The number of hydrogen-bond acceptors (Lipinski definition) is 5. The van der Waals surface area contributed by atoms with Crippen LogP contribution in [0.4, 0.5) is 8.78 Å². The van der Waals surface area contributed by atoms with Gasteiger partial charge in [-0.2, -0.15) is 8.78 Å². The van der Waals surface area contributed by atoms with E-state index in [-0.39, 0.29) is 17.4 Å². The van der Waals surface area contributed by atoms with E-state index in [0.29, 0.717) is 11.7 Å². The first-order valence-corrected chi connectivity index (χ1v) is 9.41. The van der Waals surface area contributed by atoms with Gasteiger partial charge in [-0.05, 0) is 36.2 Å². The Balaban J connectivity index is 1.52. The third-order valence-corrected chi connectivity index (χ3v) is 4.81. The monoisotopic (exact) mass is 404 g/mol. The van der Waals surface area contributed by atoms with Crippen molar-refractivity contribution in [2.45, 2.75) is 25.2 Å². The molecule has 0 fully saturated rings. The molecule has 146 valence electrons. The van der Waals surface area contributed by atoms with Crippen molar-refractivity contribution in [3.8, 4) is 11.4 Å². The normalized spacial score (nSPS) is 10.9. The van der Waals surface area contributed by atoms with Crippen LogP contribution < -0.4 is 10.1 Å². The van der Waals surface area contributed by atoms with Gasteiger partial charge in [0.1, 0.15) is 12.1 Å². The van der Waals surface area contributed by atoms with E-state index in [2.05, 4.69) is 20.3 Å². The predicted molar refractivity (Wildman–Crippen MR) is 102 cm³/mol. The highest BCUT2D eigenvalue weighted by molar-refractivity contribution is 7.99. The number of nitrogens with zero attached hydrogens (tertiary/aromatic N) is 3. The molecule has 0 saturated carbocycles. The van der Waals surface area contributed by atoms with Crippen molar-refractivity contribution in [3.63, 3.8) is 0 Å². The number of halogens is 2. The number of nitrogens with one attached hydrogen (secondary N) is 1. The summed E-state index contributed by atoms with van der Waals surface area (Å²) in [6, 6.07) is 14.0. The van der Waals surface area contributed by atoms with Crippen LogP contribution in [0.25, 0.3) is 5.69 Å². The van der Waals surface area contributed by atoms with Gasteiger partial charge >= 0.3 is 6.61 Å². The Kier molecular flexibility index (Phi) is 6.59. The topological polar surface area (TPSA) is 69.0 Å². The summed E-state index contributed by atoms with van der Waals surface area (Å²) >= 11 is 1.28. The van der Waals surface area contributed by atoms with E-state index in [1.165, 1.54) is 23.9 Å². The Bertz CT molecular complexity index is 932. The molecule has 6 nitrogen and oxygen atoms in total. The van der Waals surface area contributed by atoms with Crippen LogP contribution in [0, 0.1) is 6.92 Å². The highest BCUT2D eigenvalue weighted by Crippen LogP contribution is 2.21. The van der Waals surface area contributed by atoms with Gasteiger partial charge in [0.15, 0.2) is 5.16 Å². The highest BCUT2D eigenvalue weighted by atomic mass is 32.2. The Morgan fingerprint density at radius 1 is 1.21 bits per heavy atom. The van der Waals surface area contributed by atoms with E-state index in [9.17, 15) is 13.6 Å². The summed E-state index contributed by atoms with van der Waals surface area (Å²) in [5.74, 6) is 0.0883. The molecule has 0 radical (unpaired) electrons. The molecule has 1 heterocycles. The zero-order valence-electron chi connectivity index (χ0n) is 15.0. The Hall–Kier alpha value is -2.94. The first-order valence-electron chi connectivity index (χ1n) is 8.42. The number of para-hydroxylation sites is 1. The fourth-order valence-electron chi connectivity index (χ4n) is 2.49. The maximum atomic E-state index is 12.1. The lowest BCUT2D eigenvalue weighted by atomic mass is 10.2. The van der Waals surface area contributed by atoms with Gasteiger partial charge < -0.3 is 10.1 Å². The van der Waals surface area contributed by atoms with Gasteiger partial charge in [0.2, 0.25) is 5.91 Å². The number of hydrogen-bond donors (Lipinski definition) is 1. The average Bonchev–Trinajstić information content (AvgIpc) is 3.14. The maximum Gasteiger partial charge on any atom is 0.387 e. The van der Waals surface area contributed by atoms with E-state index in [1.54, 1.807) is 18.5 Å². The molecule has 1 aromatic heterocycles. The van der Waals surface area contributed by atoms with E-state index >= 15 is 0 Å². The molecular weight excluding hydrogens is 386 g/mol. The van der Waals surface area contributed by atoms with E-state index in [4.69, 9.17) is 0 Å². The lowest BCUT2D eigenvalue weighted by molar-refractivity contribution is -0.118. The maximum absolute atomic E-state index is 12.1. The smallest absolute Gasteiger partial charge is 0.387 e. The zero-order chi connectivity index (χ0) is 19.9. The van der Waals surface area contributed by atoms with Crippen LogP contribution in [-0.4, -0.2) is 33.0 Å². The second-order valence-electron chi connectivity index (χ2n) is 5.86. The van der Waals surface area contributed by atoms with Crippen molar-refractivity contribution < 1.29 is 18.3 Å². The largest absolute Gasteiger partial charge is 0.435 e. The second-order valence-corrected chi connectivity index (χ2v) is 6.80. The quantitative estimate of drug-likeness (QED) is 0.581. The van der Waals surface area contributed by atoms with Crippen molar-refractivity contribution in [1.82, 2.24) is 20.1 Å². The standard InChI is InChI=1S/C19H18F2N4O2S/c1-13-4-2-3-5-16(13)25-12-23-24-19(25)28-11-17(26)22-10-14-6-8-15(9-7-14)27-18(20)21/h2-9,12,18H,10-11H2,1H3,(H,22,26). The highest BCUT2D eigenvalue weighted by Gasteiger charge is 2.11. The molecule has 0 unspecified atom stereocenters. The molecular formula is C19H18F2N4O2S. The summed E-state index contributed by atoms with van der Waals surface area (Å²) in [5.41, 5.74) is 2.82. The van der Waals surface area contributed by atoms with Crippen molar-refractivity contribution in [2.75, 3.05) is 5.75 Å². The van der Waals surface area contributed by atoms with Gasteiger partial charge in [-0.3, -0.25) is 9.36 Å². The molecule has 0 aliphatic carbocycles. The summed E-state index contributed by atoms with van der Waals surface area (Å²) in [7, 11) is 0. The van der Waals surface area contributed by atoms with Crippen LogP contribution in [-0.2, 0) is 11.3 Å². The number of alkyl halides is 2. The van der Waals surface area contributed by atoms with Crippen LogP contribution in [0.15, 0.2) is 60.0 Å². The fraction of sp³-hybridized carbons (Fsp3) is 0.211. The SMILES string of the molecule is Cc1ccccc1-n1cnnc1SCC(=O)NCc1ccc(OC(F)F)cc1. The summed E-state index contributed by atoms with van der Waals surface area (Å²) in [6.07, 6.45) is 1.62. The summed E-state index contributed by atoms with van der Waals surface area (Å²) in [4.78, 5) is 12.1. The fourth-order valence-corrected chi connectivity index (χ4v) is 3.24. The summed E-state index contributed by atoms with van der Waals surface area (Å²) in [5, 5.41) is 11.4. The number of rotatable bonds is 8.